The van der Waals surface area contributed by atoms with Crippen molar-refractivity contribution in [3.8, 4) is 11.5 Å². The van der Waals surface area contributed by atoms with E-state index in [1.165, 1.54) is 14.2 Å². The standard InChI is InChI=1S/C18H18N2O7/c1-26-15-6-3-11(9-16(15)27-2)7-8-19-17(21)13-5-4-12(20(24)25)10-14(13)18(22)23/h3-6,9-10H,7-8H2,1-2H3,(H,19,21)(H,22,23). The van der Waals surface area contributed by atoms with E-state index in [-0.39, 0.29) is 12.1 Å². The monoisotopic (exact) mass is 374 g/mol. The van der Waals surface area contributed by atoms with Gasteiger partial charge in [0.25, 0.3) is 11.6 Å². The topological polar surface area (TPSA) is 128 Å². The molecule has 27 heavy (non-hydrogen) atoms. The maximum Gasteiger partial charge on any atom is 0.336 e. The molecule has 9 heteroatoms. The predicted octanol–water partition coefficient (Wildman–Crippen LogP) is 2.28. The van der Waals surface area contributed by atoms with Crippen LogP contribution >= 0.6 is 0 Å². The van der Waals surface area contributed by atoms with Crippen LogP contribution in [0.25, 0.3) is 0 Å². The maximum atomic E-state index is 12.3. The Hall–Kier alpha value is -3.62. The second-order valence-electron chi connectivity index (χ2n) is 5.49. The van der Waals surface area contributed by atoms with Crippen molar-refractivity contribution in [2.45, 2.75) is 6.42 Å². The Labute approximate surface area is 154 Å². The van der Waals surface area contributed by atoms with Gasteiger partial charge >= 0.3 is 5.97 Å². The zero-order chi connectivity index (χ0) is 20.0. The van der Waals surface area contributed by atoms with Crippen molar-refractivity contribution in [3.63, 3.8) is 0 Å². The lowest BCUT2D eigenvalue weighted by Gasteiger charge is -2.11. The number of hydrogen-bond acceptors (Lipinski definition) is 6. The molecule has 0 radical (unpaired) electrons. The summed E-state index contributed by atoms with van der Waals surface area (Å²) < 4.78 is 10.4. The van der Waals surface area contributed by atoms with Crippen molar-refractivity contribution in [1.29, 1.82) is 0 Å². The van der Waals surface area contributed by atoms with Gasteiger partial charge < -0.3 is 19.9 Å². The number of methoxy groups -OCH3 is 2. The van der Waals surface area contributed by atoms with Crippen molar-refractivity contribution < 1.29 is 29.1 Å². The molecular formula is C18H18N2O7. The Balaban J connectivity index is 2.08. The molecular weight excluding hydrogens is 356 g/mol. The fourth-order valence-electron chi connectivity index (χ4n) is 2.47. The van der Waals surface area contributed by atoms with E-state index in [0.29, 0.717) is 17.9 Å². The van der Waals surface area contributed by atoms with Crippen LogP contribution in [0.4, 0.5) is 5.69 Å². The Bertz CT molecular complexity index is 880. The molecule has 0 spiro atoms. The molecule has 2 aromatic carbocycles. The number of rotatable bonds is 8. The van der Waals surface area contributed by atoms with Crippen LogP contribution in [-0.4, -0.2) is 42.7 Å². The molecule has 0 unspecified atom stereocenters. The molecule has 9 nitrogen and oxygen atoms in total. The molecule has 0 aliphatic carbocycles. The van der Waals surface area contributed by atoms with Gasteiger partial charge in [0.05, 0.1) is 30.3 Å². The quantitative estimate of drug-likeness (QED) is 0.536. The lowest BCUT2D eigenvalue weighted by Crippen LogP contribution is -2.27. The first kappa shape index (κ1) is 19.7. The molecule has 2 rings (SSSR count). The number of nitro benzene ring substituents is 1. The molecule has 142 valence electrons. The number of ether oxygens (including phenoxy) is 2. The third-order valence-electron chi connectivity index (χ3n) is 3.84. The molecule has 0 saturated heterocycles. The van der Waals surface area contributed by atoms with E-state index >= 15 is 0 Å². The molecule has 0 fully saturated rings. The zero-order valence-corrected chi connectivity index (χ0v) is 14.7. The average Bonchev–Trinajstić information content (AvgIpc) is 2.66. The summed E-state index contributed by atoms with van der Waals surface area (Å²) in [5.74, 6) is -0.890. The van der Waals surface area contributed by atoms with Gasteiger partial charge in [0.1, 0.15) is 0 Å². The van der Waals surface area contributed by atoms with E-state index in [4.69, 9.17) is 9.47 Å². The summed E-state index contributed by atoms with van der Waals surface area (Å²) in [5, 5.41) is 22.6. The third-order valence-corrected chi connectivity index (χ3v) is 3.84. The second kappa shape index (κ2) is 8.65. The lowest BCUT2D eigenvalue weighted by atomic mass is 10.1. The Morgan fingerprint density at radius 2 is 1.78 bits per heavy atom. The number of hydrogen-bond donors (Lipinski definition) is 2. The molecule has 0 heterocycles. The van der Waals surface area contributed by atoms with Gasteiger partial charge in [-0.25, -0.2) is 4.79 Å². The normalized spacial score (nSPS) is 10.1. The molecule has 0 saturated carbocycles. The fourth-order valence-corrected chi connectivity index (χ4v) is 2.47. The summed E-state index contributed by atoms with van der Waals surface area (Å²) in [5.41, 5.74) is -0.0717. The molecule has 2 N–H and O–H groups in total. The minimum Gasteiger partial charge on any atom is -0.493 e. The molecule has 2 aromatic rings. The van der Waals surface area contributed by atoms with Crippen LogP contribution in [-0.2, 0) is 6.42 Å². The summed E-state index contributed by atoms with van der Waals surface area (Å²) in [7, 11) is 3.05. The highest BCUT2D eigenvalue weighted by Gasteiger charge is 2.20. The largest absolute Gasteiger partial charge is 0.493 e. The minimum absolute atomic E-state index is 0.139. The van der Waals surface area contributed by atoms with Crippen LogP contribution in [0.15, 0.2) is 36.4 Å². The highest BCUT2D eigenvalue weighted by Crippen LogP contribution is 2.27. The van der Waals surface area contributed by atoms with Gasteiger partial charge in [0, 0.05) is 18.7 Å². The number of nitro groups is 1. The number of aromatic carboxylic acids is 1. The number of non-ortho nitro benzene ring substituents is 1. The molecule has 0 bridgehead atoms. The van der Waals surface area contributed by atoms with Crippen molar-refractivity contribution in [3.05, 3.63) is 63.2 Å². The van der Waals surface area contributed by atoms with Crippen molar-refractivity contribution in [2.24, 2.45) is 0 Å². The second-order valence-corrected chi connectivity index (χ2v) is 5.49. The Morgan fingerprint density at radius 3 is 2.37 bits per heavy atom. The molecule has 1 amide bonds. The van der Waals surface area contributed by atoms with E-state index in [9.17, 15) is 24.8 Å². The van der Waals surface area contributed by atoms with Crippen molar-refractivity contribution in [1.82, 2.24) is 5.32 Å². The first-order valence-electron chi connectivity index (χ1n) is 7.88. The summed E-state index contributed by atoms with van der Waals surface area (Å²) >= 11 is 0. The number of carbonyl (C=O) groups excluding carboxylic acids is 1. The number of nitrogens with zero attached hydrogens (tertiary/aromatic N) is 1. The van der Waals surface area contributed by atoms with Gasteiger partial charge in [-0.3, -0.25) is 14.9 Å². The highest BCUT2D eigenvalue weighted by atomic mass is 16.6. The van der Waals surface area contributed by atoms with E-state index in [1.807, 2.05) is 6.07 Å². The first-order chi connectivity index (χ1) is 12.9. The van der Waals surface area contributed by atoms with E-state index in [1.54, 1.807) is 12.1 Å². The predicted molar refractivity (Wildman–Crippen MR) is 95.6 cm³/mol. The van der Waals surface area contributed by atoms with E-state index < -0.39 is 28.1 Å². The first-order valence-corrected chi connectivity index (χ1v) is 7.88. The SMILES string of the molecule is COc1ccc(CCNC(=O)c2ccc([N+](=O)[O-])cc2C(=O)O)cc1OC. The average molecular weight is 374 g/mol. The maximum absolute atomic E-state index is 12.3. The number of carbonyl (C=O) groups is 2. The van der Waals surface area contributed by atoms with E-state index in [2.05, 4.69) is 5.32 Å². The number of carboxylic acids is 1. The summed E-state index contributed by atoms with van der Waals surface area (Å²) in [6, 6.07) is 8.44. The highest BCUT2D eigenvalue weighted by molar-refractivity contribution is 6.05. The number of carboxylic acid groups (broad SMARTS) is 1. The summed E-state index contributed by atoms with van der Waals surface area (Å²) in [6.45, 7) is 0.240. The van der Waals surface area contributed by atoms with Gasteiger partial charge in [0.15, 0.2) is 11.5 Å². The molecule has 0 aliphatic rings. The van der Waals surface area contributed by atoms with Gasteiger partial charge in [-0.1, -0.05) is 6.07 Å². The Morgan fingerprint density at radius 1 is 1.07 bits per heavy atom. The van der Waals surface area contributed by atoms with Crippen LogP contribution in [0.2, 0.25) is 0 Å². The summed E-state index contributed by atoms with van der Waals surface area (Å²) in [4.78, 5) is 33.6. The number of amides is 1. The molecule has 0 atom stereocenters. The van der Waals surface area contributed by atoms with E-state index in [0.717, 1.165) is 23.8 Å². The van der Waals surface area contributed by atoms with Crippen LogP contribution in [0.5, 0.6) is 11.5 Å². The fraction of sp³-hybridized carbons (Fsp3) is 0.222. The zero-order valence-electron chi connectivity index (χ0n) is 14.7. The van der Waals surface area contributed by atoms with Gasteiger partial charge in [-0.05, 0) is 30.2 Å². The summed E-state index contributed by atoms with van der Waals surface area (Å²) in [6.07, 6.45) is 0.474. The number of nitrogens with one attached hydrogen (secondary N) is 1. The van der Waals surface area contributed by atoms with Crippen molar-refractivity contribution in [2.75, 3.05) is 20.8 Å². The van der Waals surface area contributed by atoms with Gasteiger partial charge in [-0.2, -0.15) is 0 Å². The van der Waals surface area contributed by atoms with Crippen molar-refractivity contribution >= 4 is 17.6 Å². The van der Waals surface area contributed by atoms with Crippen LogP contribution < -0.4 is 14.8 Å². The van der Waals surface area contributed by atoms with Gasteiger partial charge in [-0.15, -0.1) is 0 Å². The molecule has 0 aromatic heterocycles. The van der Waals surface area contributed by atoms with Gasteiger partial charge in [0.2, 0.25) is 0 Å². The van der Waals surface area contributed by atoms with Crippen LogP contribution in [0, 0.1) is 10.1 Å². The Kier molecular flexibility index (Phi) is 6.32. The third kappa shape index (κ3) is 4.72. The lowest BCUT2D eigenvalue weighted by molar-refractivity contribution is -0.384. The smallest absolute Gasteiger partial charge is 0.336 e. The number of benzene rings is 2. The molecule has 0 aliphatic heterocycles. The van der Waals surface area contributed by atoms with Crippen LogP contribution in [0.1, 0.15) is 26.3 Å². The minimum atomic E-state index is -1.41. The van der Waals surface area contributed by atoms with Crippen LogP contribution in [0.3, 0.4) is 0 Å².